The third-order valence-electron chi connectivity index (χ3n) is 1.78. The summed E-state index contributed by atoms with van der Waals surface area (Å²) >= 11 is 2.01. The molecule has 0 unspecified atom stereocenters. The number of alkyl halides is 7. The molecular weight excluding hydrogens is 367 g/mol. The van der Waals surface area contributed by atoms with Crippen LogP contribution in [0.3, 0.4) is 0 Å². The average molecular weight is 377 g/mol. The fourth-order valence-corrected chi connectivity index (χ4v) is 1.56. The summed E-state index contributed by atoms with van der Waals surface area (Å²) < 4.78 is 73.1. The van der Waals surface area contributed by atoms with Crippen molar-refractivity contribution in [1.82, 2.24) is 5.32 Å². The Kier molecular flexibility index (Phi) is 6.56. The molecule has 2 nitrogen and oxygen atoms in total. The topological polar surface area (TPSA) is 29.1 Å². The number of rotatable bonds is 5. The molecule has 0 rings (SSSR count). The molecule has 102 valence electrons. The van der Waals surface area contributed by atoms with Crippen LogP contribution in [-0.2, 0) is 4.79 Å². The van der Waals surface area contributed by atoms with E-state index in [0.29, 0.717) is 12.8 Å². The number of carbonyl (C=O) groups is 1. The maximum Gasteiger partial charge on any atom is 0.409 e. The van der Waals surface area contributed by atoms with E-state index in [4.69, 9.17) is 0 Å². The van der Waals surface area contributed by atoms with Crippen molar-refractivity contribution in [2.24, 2.45) is 5.92 Å². The first-order valence-electron chi connectivity index (χ1n) is 4.57. The number of halogens is 7. The SMILES string of the molecule is O=C(NCCCCI)C(C(F)(F)F)C(F)(F)F. The van der Waals surface area contributed by atoms with Gasteiger partial charge in [-0.05, 0) is 17.3 Å². The molecule has 0 spiro atoms. The summed E-state index contributed by atoms with van der Waals surface area (Å²) in [4.78, 5) is 10.8. The second kappa shape index (κ2) is 6.64. The lowest BCUT2D eigenvalue weighted by molar-refractivity contribution is -0.274. The second-order valence-corrected chi connectivity index (χ2v) is 4.28. The van der Waals surface area contributed by atoms with Gasteiger partial charge in [-0.2, -0.15) is 26.3 Å². The van der Waals surface area contributed by atoms with Gasteiger partial charge in [0.25, 0.3) is 0 Å². The lowest BCUT2D eigenvalue weighted by atomic mass is 10.1. The molecule has 0 atom stereocenters. The first-order valence-corrected chi connectivity index (χ1v) is 6.10. The summed E-state index contributed by atoms with van der Waals surface area (Å²) in [6.45, 7) is -0.190. The molecule has 0 aliphatic heterocycles. The van der Waals surface area contributed by atoms with Crippen LogP contribution in [-0.4, -0.2) is 29.2 Å². The van der Waals surface area contributed by atoms with Gasteiger partial charge < -0.3 is 5.32 Å². The summed E-state index contributed by atoms with van der Waals surface area (Å²) in [5.41, 5.74) is 0. The Hall–Kier alpha value is -0.220. The van der Waals surface area contributed by atoms with Crippen LogP contribution in [0.2, 0.25) is 0 Å². The van der Waals surface area contributed by atoms with Crippen molar-refractivity contribution >= 4 is 28.5 Å². The molecule has 0 radical (unpaired) electrons. The van der Waals surface area contributed by atoms with E-state index in [2.05, 4.69) is 0 Å². The highest BCUT2D eigenvalue weighted by molar-refractivity contribution is 14.1. The Morgan fingerprint density at radius 2 is 1.53 bits per heavy atom. The van der Waals surface area contributed by atoms with E-state index in [0.717, 1.165) is 4.43 Å². The van der Waals surface area contributed by atoms with Gasteiger partial charge >= 0.3 is 12.4 Å². The molecule has 0 aromatic heterocycles. The van der Waals surface area contributed by atoms with Gasteiger partial charge in [0.05, 0.1) is 0 Å². The largest absolute Gasteiger partial charge is 0.409 e. The van der Waals surface area contributed by atoms with E-state index < -0.39 is 24.2 Å². The van der Waals surface area contributed by atoms with Gasteiger partial charge in [0.15, 0.2) is 0 Å². The van der Waals surface area contributed by atoms with Crippen molar-refractivity contribution in [1.29, 1.82) is 0 Å². The Morgan fingerprint density at radius 1 is 1.06 bits per heavy atom. The lowest BCUT2D eigenvalue weighted by Crippen LogP contribution is -2.48. The molecule has 0 bridgehead atoms. The molecule has 0 saturated carbocycles. The van der Waals surface area contributed by atoms with Gasteiger partial charge in [-0.15, -0.1) is 0 Å². The zero-order chi connectivity index (χ0) is 13.7. The van der Waals surface area contributed by atoms with Crippen LogP contribution in [0.5, 0.6) is 0 Å². The average Bonchev–Trinajstić information content (AvgIpc) is 2.07. The van der Waals surface area contributed by atoms with Crippen LogP contribution in [0.25, 0.3) is 0 Å². The molecule has 0 aromatic rings. The van der Waals surface area contributed by atoms with Gasteiger partial charge in [0.1, 0.15) is 0 Å². The third-order valence-corrected chi connectivity index (χ3v) is 2.54. The van der Waals surface area contributed by atoms with E-state index in [-0.39, 0.29) is 6.54 Å². The van der Waals surface area contributed by atoms with E-state index in [1.807, 2.05) is 22.6 Å². The van der Waals surface area contributed by atoms with Crippen LogP contribution in [0.4, 0.5) is 26.3 Å². The minimum atomic E-state index is -5.62. The summed E-state index contributed by atoms with van der Waals surface area (Å²) in [6, 6.07) is 0. The normalized spacial score (nSPS) is 12.9. The van der Waals surface area contributed by atoms with Crippen molar-refractivity contribution < 1.29 is 31.1 Å². The standard InChI is InChI=1S/C8H10F6INO/c9-7(10,11)5(8(12,13)14)6(17)16-4-2-1-3-15/h5H,1-4H2,(H,16,17). The van der Waals surface area contributed by atoms with Gasteiger partial charge in [0, 0.05) is 6.54 Å². The summed E-state index contributed by atoms with van der Waals surface area (Å²) in [5.74, 6) is -5.99. The highest BCUT2D eigenvalue weighted by atomic mass is 127. The Bertz CT molecular complexity index is 237. The predicted octanol–water partition coefficient (Wildman–Crippen LogP) is 3.06. The highest BCUT2D eigenvalue weighted by Crippen LogP contribution is 2.39. The summed E-state index contributed by atoms with van der Waals surface area (Å²) in [6.07, 6.45) is -10.3. The monoisotopic (exact) mass is 377 g/mol. The molecule has 1 N–H and O–H groups in total. The Balaban J connectivity index is 4.47. The Labute approximate surface area is 107 Å². The van der Waals surface area contributed by atoms with Gasteiger partial charge in [-0.25, -0.2) is 0 Å². The molecule has 0 saturated heterocycles. The fourth-order valence-electron chi connectivity index (χ4n) is 1.02. The number of nitrogens with one attached hydrogen (secondary N) is 1. The first kappa shape index (κ1) is 16.8. The van der Waals surface area contributed by atoms with Crippen molar-refractivity contribution in [3.8, 4) is 0 Å². The molecule has 1 amide bonds. The van der Waals surface area contributed by atoms with Crippen molar-refractivity contribution in [2.45, 2.75) is 25.2 Å². The molecule has 17 heavy (non-hydrogen) atoms. The van der Waals surface area contributed by atoms with Crippen LogP contribution in [0.1, 0.15) is 12.8 Å². The smallest absolute Gasteiger partial charge is 0.355 e. The second-order valence-electron chi connectivity index (χ2n) is 3.20. The maximum atomic E-state index is 12.1. The van der Waals surface area contributed by atoms with Crippen LogP contribution in [0, 0.1) is 5.92 Å². The van der Waals surface area contributed by atoms with E-state index in [1.165, 1.54) is 0 Å². The first-order chi connectivity index (χ1) is 7.60. The number of carbonyl (C=O) groups excluding carboxylic acids is 1. The van der Waals surface area contributed by atoms with Crippen LogP contribution >= 0.6 is 22.6 Å². The summed E-state index contributed by atoms with van der Waals surface area (Å²) in [7, 11) is 0. The number of hydrogen-bond acceptors (Lipinski definition) is 1. The van der Waals surface area contributed by atoms with Crippen LogP contribution in [0.15, 0.2) is 0 Å². The van der Waals surface area contributed by atoms with Gasteiger partial charge in [-0.1, -0.05) is 22.6 Å². The molecule has 0 aliphatic carbocycles. The minimum absolute atomic E-state index is 0.190. The minimum Gasteiger partial charge on any atom is -0.355 e. The zero-order valence-corrected chi connectivity index (χ0v) is 10.6. The van der Waals surface area contributed by atoms with Gasteiger partial charge in [-0.3, -0.25) is 4.79 Å². The Morgan fingerprint density at radius 3 is 1.88 bits per heavy atom. The third kappa shape index (κ3) is 6.32. The summed E-state index contributed by atoms with van der Waals surface area (Å²) in [5, 5.41) is 1.65. The zero-order valence-electron chi connectivity index (χ0n) is 8.46. The molecule has 0 fully saturated rings. The van der Waals surface area contributed by atoms with E-state index in [1.54, 1.807) is 5.32 Å². The fraction of sp³-hybridized carbons (Fsp3) is 0.875. The molecular formula is C8H10F6INO. The van der Waals surface area contributed by atoms with Gasteiger partial charge in [0.2, 0.25) is 11.8 Å². The van der Waals surface area contributed by atoms with Crippen molar-refractivity contribution in [3.63, 3.8) is 0 Å². The highest BCUT2D eigenvalue weighted by Gasteiger charge is 2.60. The quantitative estimate of drug-likeness (QED) is 0.340. The maximum absolute atomic E-state index is 12.1. The molecule has 0 aromatic carbocycles. The number of unbranched alkanes of at least 4 members (excludes halogenated alkanes) is 1. The van der Waals surface area contributed by atoms with Crippen LogP contribution < -0.4 is 5.32 Å². The lowest BCUT2D eigenvalue weighted by Gasteiger charge is -2.21. The molecule has 9 heteroatoms. The van der Waals surface area contributed by atoms with E-state index in [9.17, 15) is 31.1 Å². The van der Waals surface area contributed by atoms with E-state index >= 15 is 0 Å². The molecule has 0 heterocycles. The molecule has 0 aliphatic rings. The number of amides is 1. The van der Waals surface area contributed by atoms with Crippen molar-refractivity contribution in [3.05, 3.63) is 0 Å². The predicted molar refractivity (Wildman–Crippen MR) is 56.7 cm³/mol. The van der Waals surface area contributed by atoms with Crippen molar-refractivity contribution in [2.75, 3.05) is 11.0 Å². The number of hydrogen-bond donors (Lipinski definition) is 1.